The van der Waals surface area contributed by atoms with Gasteiger partial charge in [0.15, 0.2) is 11.2 Å². The van der Waals surface area contributed by atoms with Crippen LogP contribution >= 0.6 is 0 Å². The highest BCUT2D eigenvalue weighted by atomic mass is 32.2. The highest BCUT2D eigenvalue weighted by Gasteiger charge is 2.65. The number of hydrogen-bond donors (Lipinski definition) is 2. The lowest BCUT2D eigenvalue weighted by Crippen LogP contribution is -2.58. The first-order valence-electron chi connectivity index (χ1n) is 14.3. The van der Waals surface area contributed by atoms with Crippen molar-refractivity contribution < 1.29 is 40.4 Å². The number of nitrogens with one attached hydrogen (secondary N) is 2. The van der Waals surface area contributed by atoms with Crippen LogP contribution in [0.5, 0.6) is 0 Å². The number of nitrogens with zero attached hydrogens (tertiary/aromatic N) is 4. The number of aromatic nitrogens is 3. The summed E-state index contributed by atoms with van der Waals surface area (Å²) in [6.07, 6.45) is -3.24. The Morgan fingerprint density at radius 3 is 2.42 bits per heavy atom. The fraction of sp³-hybridized carbons (Fsp3) is 0.552. The Kier molecular flexibility index (Phi) is 8.98. The van der Waals surface area contributed by atoms with Crippen molar-refractivity contribution in [2.75, 3.05) is 26.8 Å². The number of alkyl halides is 5. The Balaban J connectivity index is 1.50. The number of halogens is 5. The summed E-state index contributed by atoms with van der Waals surface area (Å²) in [5, 5.41) is 6.52. The Labute approximate surface area is 259 Å². The van der Waals surface area contributed by atoms with Gasteiger partial charge in [0.2, 0.25) is 0 Å². The van der Waals surface area contributed by atoms with E-state index < -0.39 is 66.0 Å². The lowest BCUT2D eigenvalue weighted by atomic mass is 10.1. The van der Waals surface area contributed by atoms with Crippen LogP contribution in [-0.4, -0.2) is 80.3 Å². The molecule has 0 spiro atoms. The highest BCUT2D eigenvalue weighted by molar-refractivity contribution is 7.83. The lowest BCUT2D eigenvalue weighted by Gasteiger charge is -2.38. The van der Waals surface area contributed by atoms with E-state index in [4.69, 9.17) is 9.47 Å². The van der Waals surface area contributed by atoms with Gasteiger partial charge in [0.25, 0.3) is 5.92 Å². The normalized spacial score (nSPS) is 20.5. The third-order valence-electron chi connectivity index (χ3n) is 8.05. The molecule has 1 unspecified atom stereocenters. The van der Waals surface area contributed by atoms with Gasteiger partial charge < -0.3 is 19.7 Å². The van der Waals surface area contributed by atoms with Crippen molar-refractivity contribution in [1.82, 2.24) is 29.5 Å². The zero-order chi connectivity index (χ0) is 32.9. The van der Waals surface area contributed by atoms with Crippen molar-refractivity contribution in [2.45, 2.75) is 81.3 Å². The Bertz CT molecular complexity index is 1590. The molecule has 0 radical (unpaired) electrons. The first kappa shape index (κ1) is 33.2. The molecule has 2 N–H and O–H groups in total. The minimum absolute atomic E-state index is 0.113. The molecule has 1 aliphatic carbocycles. The summed E-state index contributed by atoms with van der Waals surface area (Å²) >= 11 is 0. The molecular weight excluding hydrogens is 623 g/mol. The molecule has 5 rings (SSSR count). The minimum Gasteiger partial charge on any atom is -0.382 e. The molecule has 246 valence electrons. The maximum absolute atomic E-state index is 14.2. The second-order valence-electron chi connectivity index (χ2n) is 11.8. The zero-order valence-electron chi connectivity index (χ0n) is 25.4. The van der Waals surface area contributed by atoms with E-state index in [9.17, 15) is 31.0 Å². The molecule has 45 heavy (non-hydrogen) atoms. The van der Waals surface area contributed by atoms with Gasteiger partial charge in [0.05, 0.1) is 60.9 Å². The molecule has 1 aliphatic heterocycles. The predicted octanol–water partition coefficient (Wildman–Crippen LogP) is 4.86. The number of rotatable bonds is 11. The van der Waals surface area contributed by atoms with Gasteiger partial charge in [0, 0.05) is 12.7 Å². The van der Waals surface area contributed by atoms with Gasteiger partial charge in [0.1, 0.15) is 11.0 Å². The van der Waals surface area contributed by atoms with Crippen molar-refractivity contribution in [1.29, 1.82) is 0 Å². The number of ether oxygens (including phenoxy) is 2. The second-order valence-corrected chi connectivity index (χ2v) is 13.0. The summed E-state index contributed by atoms with van der Waals surface area (Å²) in [6, 6.07) is 2.57. The van der Waals surface area contributed by atoms with Crippen LogP contribution in [-0.2, 0) is 20.5 Å². The largest absolute Gasteiger partial charge is 0.417 e. The number of imidazole rings is 1. The standard InChI is InChI=1S/C29H35F5N6O4S/c1-16-8-17(2)25(18(3)9-16)45(42)38-24(19(4)44-27(6-7-27)29(32,33)34)21-12-40-23(37-21)10-20(11-36-40)22(13-43-5)39-15-28(30,31)14-35-26(39)41/h8-12,19,22,24,38H,6-7,13-15H2,1-5H3,(H,35,41)/t19?,22-,24+,45+/m1/s1. The SMILES string of the molecule is COC[C@H](c1cnn2cc([C@@H](N[S@@](=O)c3c(C)cc(C)cc3C)C(C)OC3(C(F)(F)F)CC3)nc2c1)N1CC(F)(F)CNC1=O. The molecule has 2 aromatic heterocycles. The van der Waals surface area contributed by atoms with Crippen LogP contribution in [0.4, 0.5) is 26.7 Å². The van der Waals surface area contributed by atoms with Crippen molar-refractivity contribution >= 4 is 22.7 Å². The van der Waals surface area contributed by atoms with Gasteiger partial charge in [-0.25, -0.2) is 32.0 Å². The molecule has 10 nitrogen and oxygen atoms in total. The van der Waals surface area contributed by atoms with Gasteiger partial charge in [-0.3, -0.25) is 0 Å². The zero-order valence-corrected chi connectivity index (χ0v) is 26.2. The number of aryl methyl sites for hydroxylation is 3. The van der Waals surface area contributed by atoms with E-state index in [0.717, 1.165) is 21.6 Å². The third-order valence-corrected chi connectivity index (χ3v) is 9.53. The number of amides is 2. The van der Waals surface area contributed by atoms with Crippen LogP contribution in [0.2, 0.25) is 0 Å². The molecule has 4 atom stereocenters. The number of hydrogen-bond acceptors (Lipinski definition) is 6. The molecule has 0 bridgehead atoms. The summed E-state index contributed by atoms with van der Waals surface area (Å²) < 4.78 is 98.8. The van der Waals surface area contributed by atoms with Crippen LogP contribution in [0, 0.1) is 20.8 Å². The van der Waals surface area contributed by atoms with Crippen LogP contribution in [0.1, 0.15) is 59.8 Å². The first-order valence-corrected chi connectivity index (χ1v) is 15.5. The van der Waals surface area contributed by atoms with Crippen molar-refractivity contribution in [3.63, 3.8) is 0 Å². The molecule has 3 heterocycles. The smallest absolute Gasteiger partial charge is 0.382 e. The van der Waals surface area contributed by atoms with E-state index in [0.29, 0.717) is 10.5 Å². The summed E-state index contributed by atoms with van der Waals surface area (Å²) in [4.78, 5) is 18.6. The molecular formula is C29H35F5N6O4S. The summed E-state index contributed by atoms with van der Waals surface area (Å²) in [5.74, 6) is -3.16. The summed E-state index contributed by atoms with van der Waals surface area (Å²) in [7, 11) is -0.495. The van der Waals surface area contributed by atoms with Crippen molar-refractivity contribution in [2.24, 2.45) is 0 Å². The molecule has 1 aromatic carbocycles. The Morgan fingerprint density at radius 2 is 1.82 bits per heavy atom. The van der Waals surface area contributed by atoms with E-state index in [1.807, 2.05) is 19.1 Å². The first-order chi connectivity index (χ1) is 21.0. The fourth-order valence-electron chi connectivity index (χ4n) is 5.74. The molecule has 2 aliphatic rings. The van der Waals surface area contributed by atoms with Crippen LogP contribution < -0.4 is 10.0 Å². The average molecular weight is 659 g/mol. The maximum atomic E-state index is 14.2. The quantitative estimate of drug-likeness (QED) is 0.285. The van der Waals surface area contributed by atoms with Crippen LogP contribution in [0.3, 0.4) is 0 Å². The maximum Gasteiger partial charge on any atom is 0.417 e. The molecule has 3 aromatic rings. The lowest BCUT2D eigenvalue weighted by molar-refractivity contribution is -0.249. The number of benzene rings is 1. The number of urea groups is 1. The average Bonchev–Trinajstić information content (AvgIpc) is 3.61. The Morgan fingerprint density at radius 1 is 1.16 bits per heavy atom. The van der Waals surface area contributed by atoms with Crippen LogP contribution in [0.15, 0.2) is 35.5 Å². The third kappa shape index (κ3) is 6.83. The molecule has 1 saturated heterocycles. The van der Waals surface area contributed by atoms with E-state index >= 15 is 0 Å². The van der Waals surface area contributed by atoms with Gasteiger partial charge in [-0.15, -0.1) is 0 Å². The van der Waals surface area contributed by atoms with Gasteiger partial charge in [-0.1, -0.05) is 17.7 Å². The molecule has 2 fully saturated rings. The van der Waals surface area contributed by atoms with E-state index in [-0.39, 0.29) is 30.8 Å². The van der Waals surface area contributed by atoms with Gasteiger partial charge in [-0.05, 0) is 57.7 Å². The molecule has 16 heteroatoms. The van der Waals surface area contributed by atoms with Crippen molar-refractivity contribution in [3.8, 4) is 0 Å². The Hall–Kier alpha value is -3.21. The molecule has 2 amide bonds. The highest BCUT2D eigenvalue weighted by Crippen LogP contribution is 2.53. The minimum atomic E-state index is -4.58. The number of carbonyl (C=O) groups excluding carboxylic acids is 1. The summed E-state index contributed by atoms with van der Waals surface area (Å²) in [5.41, 5.74) is 0.947. The van der Waals surface area contributed by atoms with Crippen LogP contribution in [0.25, 0.3) is 5.65 Å². The number of methoxy groups -OCH3 is 1. The van der Waals surface area contributed by atoms with E-state index in [1.165, 1.54) is 37.0 Å². The van der Waals surface area contributed by atoms with E-state index in [2.05, 4.69) is 20.1 Å². The predicted molar refractivity (Wildman–Crippen MR) is 154 cm³/mol. The van der Waals surface area contributed by atoms with E-state index in [1.54, 1.807) is 13.8 Å². The van der Waals surface area contributed by atoms with Crippen molar-refractivity contribution in [3.05, 3.63) is 58.5 Å². The number of fused-ring (bicyclic) bond motifs is 1. The summed E-state index contributed by atoms with van der Waals surface area (Å²) in [6.45, 7) is 5.25. The van der Waals surface area contributed by atoms with Gasteiger partial charge in [-0.2, -0.15) is 18.3 Å². The molecule has 1 saturated carbocycles. The topological polar surface area (TPSA) is 110 Å². The second kappa shape index (κ2) is 12.2. The monoisotopic (exact) mass is 658 g/mol. The van der Waals surface area contributed by atoms with Gasteiger partial charge >= 0.3 is 12.2 Å². The number of carbonyl (C=O) groups is 1. The fourth-order valence-corrected chi connectivity index (χ4v) is 7.10.